The second kappa shape index (κ2) is 8.44. The van der Waals surface area contributed by atoms with Crippen LogP contribution < -0.4 is 15.9 Å². The Hall–Kier alpha value is -2.82. The maximum Gasteiger partial charge on any atom is 0.419 e. The van der Waals surface area contributed by atoms with E-state index in [1.807, 2.05) is 13.3 Å². The molecule has 10 heteroatoms. The number of aromatic amines is 1. The van der Waals surface area contributed by atoms with Gasteiger partial charge >= 0.3 is 6.18 Å². The van der Waals surface area contributed by atoms with Crippen molar-refractivity contribution in [2.45, 2.75) is 32.5 Å². The first-order valence-corrected chi connectivity index (χ1v) is 13.8. The molecule has 6 nitrogen and oxygen atoms in total. The number of nitrogens with zero attached hydrogens (tertiary/aromatic N) is 3. The Bertz CT molecular complexity index is 1330. The third kappa shape index (κ3) is 4.70. The van der Waals surface area contributed by atoms with Crippen molar-refractivity contribution in [3.63, 3.8) is 0 Å². The molecule has 4 rings (SSSR count). The molecular formula is C24H28F3N6P. The van der Waals surface area contributed by atoms with E-state index in [1.54, 1.807) is 12.1 Å². The highest BCUT2D eigenvalue weighted by Crippen LogP contribution is 2.42. The van der Waals surface area contributed by atoms with Crippen molar-refractivity contribution in [3.05, 3.63) is 35.7 Å². The van der Waals surface area contributed by atoms with Crippen LogP contribution in [0.1, 0.15) is 31.4 Å². The second-order valence-corrected chi connectivity index (χ2v) is 14.0. The number of H-pyrrole nitrogens is 1. The smallest absolute Gasteiger partial charge is 0.360 e. The molecule has 0 radical (unpaired) electrons. The molecule has 1 aliphatic rings. The number of fused-ring (bicyclic) bond motifs is 1. The average molecular weight is 488 g/mol. The summed E-state index contributed by atoms with van der Waals surface area (Å²) in [5.74, 6) is 0.153. The summed E-state index contributed by atoms with van der Waals surface area (Å²) >= 11 is 0. The lowest BCUT2D eigenvalue weighted by molar-refractivity contribution is -0.137. The Labute approximate surface area is 197 Å². The van der Waals surface area contributed by atoms with Crippen LogP contribution in [0.2, 0.25) is 0 Å². The Morgan fingerprint density at radius 1 is 1.29 bits per heavy atom. The molecule has 3 N–H and O–H groups in total. The molecule has 3 heterocycles. The van der Waals surface area contributed by atoms with Crippen molar-refractivity contribution in [1.29, 1.82) is 5.26 Å². The maximum absolute atomic E-state index is 14.0. The van der Waals surface area contributed by atoms with Gasteiger partial charge in [-0.15, -0.1) is 0 Å². The Morgan fingerprint density at radius 2 is 2.03 bits per heavy atom. The van der Waals surface area contributed by atoms with Crippen molar-refractivity contribution >= 4 is 35.3 Å². The van der Waals surface area contributed by atoms with E-state index in [-0.39, 0.29) is 23.1 Å². The molecule has 0 amide bonds. The van der Waals surface area contributed by atoms with Gasteiger partial charge in [0.2, 0.25) is 5.95 Å². The predicted octanol–water partition coefficient (Wildman–Crippen LogP) is 4.65. The van der Waals surface area contributed by atoms with Crippen molar-refractivity contribution in [2.75, 3.05) is 31.7 Å². The van der Waals surface area contributed by atoms with Crippen LogP contribution in [-0.4, -0.2) is 53.7 Å². The summed E-state index contributed by atoms with van der Waals surface area (Å²) in [7, 11) is 0. The van der Waals surface area contributed by atoms with E-state index in [0.29, 0.717) is 28.6 Å². The summed E-state index contributed by atoms with van der Waals surface area (Å²) in [6.07, 6.45) is 2.83. The SMILES string of the molecule is C=P(C)(C)c1c(C#N)ccc2c(-c3nc(NC4CNCC(C)(C)C4)ncc3C(F)(F)F)c[nH]c12. The van der Waals surface area contributed by atoms with Crippen LogP contribution in [0, 0.1) is 16.7 Å². The molecule has 0 aliphatic carbocycles. The van der Waals surface area contributed by atoms with Crippen LogP contribution in [-0.2, 0) is 6.18 Å². The number of alkyl halides is 3. The molecule has 1 aromatic carbocycles. The molecule has 1 atom stereocenters. The van der Waals surface area contributed by atoms with Crippen LogP contribution in [0.15, 0.2) is 24.5 Å². The van der Waals surface area contributed by atoms with E-state index in [2.05, 4.69) is 51.8 Å². The first kappa shape index (κ1) is 24.3. The van der Waals surface area contributed by atoms with E-state index in [0.717, 1.165) is 24.5 Å². The fourth-order valence-electron chi connectivity index (χ4n) is 4.64. The van der Waals surface area contributed by atoms with Gasteiger partial charge in [-0.05, 0) is 31.2 Å². The van der Waals surface area contributed by atoms with Crippen molar-refractivity contribution < 1.29 is 13.2 Å². The van der Waals surface area contributed by atoms with Gasteiger partial charge in [-0.1, -0.05) is 33.1 Å². The molecule has 0 spiro atoms. The Kier molecular flexibility index (Phi) is 6.03. The normalized spacial score (nSPS) is 18.6. The number of aromatic nitrogens is 3. The summed E-state index contributed by atoms with van der Waals surface area (Å²) in [4.78, 5) is 11.4. The zero-order valence-electron chi connectivity index (χ0n) is 19.6. The largest absolute Gasteiger partial charge is 0.419 e. The minimum absolute atomic E-state index is 0.00198. The fourth-order valence-corrected chi connectivity index (χ4v) is 6.21. The third-order valence-electron chi connectivity index (χ3n) is 6.03. The molecule has 1 unspecified atom stereocenters. The molecule has 180 valence electrons. The van der Waals surface area contributed by atoms with Gasteiger partial charge in [-0.2, -0.15) is 18.4 Å². The zero-order valence-corrected chi connectivity index (χ0v) is 20.5. The lowest BCUT2D eigenvalue weighted by atomic mass is 9.83. The molecule has 1 saturated heterocycles. The van der Waals surface area contributed by atoms with Gasteiger partial charge in [0, 0.05) is 47.8 Å². The third-order valence-corrected chi connectivity index (χ3v) is 7.71. The van der Waals surface area contributed by atoms with E-state index in [9.17, 15) is 18.4 Å². The van der Waals surface area contributed by atoms with Crippen LogP contribution in [0.5, 0.6) is 0 Å². The number of halogens is 3. The van der Waals surface area contributed by atoms with Crippen molar-refractivity contribution in [2.24, 2.45) is 5.41 Å². The van der Waals surface area contributed by atoms with Gasteiger partial charge in [-0.25, -0.2) is 9.97 Å². The quantitative estimate of drug-likeness (QED) is 0.466. The Morgan fingerprint density at radius 3 is 2.65 bits per heavy atom. The van der Waals surface area contributed by atoms with Gasteiger partial charge in [0.05, 0.1) is 22.8 Å². The summed E-state index contributed by atoms with van der Waals surface area (Å²) in [6, 6.07) is 5.50. The van der Waals surface area contributed by atoms with Gasteiger partial charge in [0.25, 0.3) is 0 Å². The number of benzene rings is 1. The standard InChI is InChI=1S/C24H28F3N6P/c1-23(2)8-15(10-29-13-23)32-22-31-12-18(24(25,26)27)19(33-22)17-11-30-20-16(17)7-6-14(9-28)21(20)34(3,4)5/h6-7,11-12,15,29-30H,3,8,10,13H2,1-2,4-5H3,(H,31,32,33). The number of rotatable bonds is 4. The van der Waals surface area contributed by atoms with Crippen LogP contribution >= 0.6 is 6.89 Å². The topological polar surface area (TPSA) is 89.4 Å². The van der Waals surface area contributed by atoms with Crippen molar-refractivity contribution in [3.8, 4) is 17.3 Å². The summed E-state index contributed by atoms with van der Waals surface area (Å²) in [6.45, 7) is 7.85. The molecule has 0 saturated carbocycles. The molecular weight excluding hydrogens is 460 g/mol. The molecule has 34 heavy (non-hydrogen) atoms. The predicted molar refractivity (Wildman–Crippen MR) is 133 cm³/mol. The minimum Gasteiger partial charge on any atom is -0.360 e. The number of nitrogens with one attached hydrogen (secondary N) is 3. The first-order valence-electron chi connectivity index (χ1n) is 10.9. The molecule has 3 aromatic rings. The fraction of sp³-hybridized carbons (Fsp3) is 0.417. The minimum atomic E-state index is -4.63. The molecule has 2 aromatic heterocycles. The highest BCUT2D eigenvalue weighted by molar-refractivity contribution is 7.79. The first-order chi connectivity index (χ1) is 15.8. The van der Waals surface area contributed by atoms with E-state index >= 15 is 0 Å². The average Bonchev–Trinajstić information content (AvgIpc) is 3.14. The van der Waals surface area contributed by atoms with Gasteiger partial charge < -0.3 is 15.6 Å². The number of anilines is 1. The lowest BCUT2D eigenvalue weighted by Crippen LogP contribution is -2.47. The van der Waals surface area contributed by atoms with Crippen LogP contribution in [0.4, 0.5) is 19.1 Å². The molecule has 1 fully saturated rings. The lowest BCUT2D eigenvalue weighted by Gasteiger charge is -2.36. The number of hydrogen-bond donors (Lipinski definition) is 3. The van der Waals surface area contributed by atoms with Gasteiger partial charge in [0.15, 0.2) is 0 Å². The van der Waals surface area contributed by atoms with Crippen LogP contribution in [0.25, 0.3) is 22.2 Å². The highest BCUT2D eigenvalue weighted by Gasteiger charge is 2.37. The highest BCUT2D eigenvalue weighted by atomic mass is 31.2. The maximum atomic E-state index is 14.0. The van der Waals surface area contributed by atoms with Gasteiger partial charge in [-0.3, -0.25) is 0 Å². The summed E-state index contributed by atoms with van der Waals surface area (Å²) in [5.41, 5.74) is 0.366. The van der Waals surface area contributed by atoms with Gasteiger partial charge in [0.1, 0.15) is 5.56 Å². The van der Waals surface area contributed by atoms with Crippen LogP contribution in [0.3, 0.4) is 0 Å². The summed E-state index contributed by atoms with van der Waals surface area (Å²) < 4.78 is 41.9. The monoisotopic (exact) mass is 488 g/mol. The number of hydrogen-bond acceptors (Lipinski definition) is 5. The Balaban J connectivity index is 1.85. The van der Waals surface area contributed by atoms with E-state index in [1.165, 1.54) is 6.20 Å². The number of piperidine rings is 1. The molecule has 1 aliphatic heterocycles. The van der Waals surface area contributed by atoms with E-state index < -0.39 is 18.6 Å². The summed E-state index contributed by atoms with van der Waals surface area (Å²) in [5, 5.41) is 17.5. The second-order valence-electron chi connectivity index (χ2n) is 10.2. The molecule has 0 bridgehead atoms. The zero-order chi connectivity index (χ0) is 24.9. The van der Waals surface area contributed by atoms with E-state index in [4.69, 9.17) is 0 Å². The van der Waals surface area contributed by atoms with Crippen molar-refractivity contribution in [1.82, 2.24) is 20.3 Å². The number of nitriles is 1.